The molecule has 1 aromatic heterocycles. The molecule has 0 atom stereocenters. The van der Waals surface area contributed by atoms with Gasteiger partial charge in [-0.2, -0.15) is 5.10 Å². The molecular formula is C10H19N3O3S. The first-order valence-corrected chi connectivity index (χ1v) is 7.07. The van der Waals surface area contributed by atoms with E-state index in [2.05, 4.69) is 14.9 Å². The number of rotatable bonds is 7. The second-order valence-corrected chi connectivity index (χ2v) is 5.89. The Morgan fingerprint density at radius 1 is 1.47 bits per heavy atom. The van der Waals surface area contributed by atoms with E-state index in [0.717, 1.165) is 0 Å². The van der Waals surface area contributed by atoms with Crippen LogP contribution >= 0.6 is 0 Å². The minimum absolute atomic E-state index is 0.0338. The Bertz CT molecular complexity index is 415. The largest absolute Gasteiger partial charge is 0.396 e. The fraction of sp³-hybridized carbons (Fsp3) is 0.700. The van der Waals surface area contributed by atoms with E-state index in [1.807, 2.05) is 13.8 Å². The molecule has 0 saturated heterocycles. The molecule has 7 heteroatoms. The summed E-state index contributed by atoms with van der Waals surface area (Å²) in [5.41, 5.74) is -0.392. The van der Waals surface area contributed by atoms with Crippen LogP contribution in [0.1, 0.15) is 26.7 Å². The van der Waals surface area contributed by atoms with E-state index in [0.29, 0.717) is 12.8 Å². The molecule has 1 rings (SSSR count). The van der Waals surface area contributed by atoms with Gasteiger partial charge < -0.3 is 5.11 Å². The van der Waals surface area contributed by atoms with Crippen LogP contribution in [0.3, 0.4) is 0 Å². The minimum Gasteiger partial charge on any atom is -0.396 e. The highest BCUT2D eigenvalue weighted by molar-refractivity contribution is 7.89. The van der Waals surface area contributed by atoms with Crippen LogP contribution in [0.15, 0.2) is 17.3 Å². The van der Waals surface area contributed by atoms with Gasteiger partial charge >= 0.3 is 0 Å². The van der Waals surface area contributed by atoms with Crippen LogP contribution in [0.4, 0.5) is 0 Å². The molecule has 0 aliphatic heterocycles. The summed E-state index contributed by atoms with van der Waals surface area (Å²) in [4.78, 5) is 0.108. The lowest BCUT2D eigenvalue weighted by Crippen LogP contribution is -2.39. The first kappa shape index (κ1) is 14.1. The average molecular weight is 261 g/mol. The lowest BCUT2D eigenvalue weighted by atomic mass is 9.84. The quantitative estimate of drug-likeness (QED) is 0.665. The average Bonchev–Trinajstić information content (AvgIpc) is 2.86. The molecule has 0 amide bonds. The third kappa shape index (κ3) is 3.27. The predicted octanol–water partition coefficient (Wildman–Crippen LogP) is 0.487. The monoisotopic (exact) mass is 261 g/mol. The van der Waals surface area contributed by atoms with Gasteiger partial charge in [-0.1, -0.05) is 13.8 Å². The number of hydrogen-bond acceptors (Lipinski definition) is 4. The SMILES string of the molecule is CCC(CC)(CO)CNS(=O)(=O)c1cn[nH]c1. The molecule has 17 heavy (non-hydrogen) atoms. The van der Waals surface area contributed by atoms with Gasteiger partial charge in [0.1, 0.15) is 4.90 Å². The van der Waals surface area contributed by atoms with Crippen molar-refractivity contribution in [1.82, 2.24) is 14.9 Å². The molecule has 3 N–H and O–H groups in total. The highest BCUT2D eigenvalue weighted by atomic mass is 32.2. The molecule has 0 spiro atoms. The molecule has 0 radical (unpaired) electrons. The van der Waals surface area contributed by atoms with Gasteiger partial charge in [-0.3, -0.25) is 5.10 Å². The van der Waals surface area contributed by atoms with Crippen molar-refractivity contribution in [3.8, 4) is 0 Å². The lowest BCUT2D eigenvalue weighted by molar-refractivity contribution is 0.119. The normalized spacial score (nSPS) is 12.9. The van der Waals surface area contributed by atoms with Crippen molar-refractivity contribution in [2.24, 2.45) is 5.41 Å². The summed E-state index contributed by atoms with van der Waals surface area (Å²) >= 11 is 0. The Labute approximate surface area is 101 Å². The number of aromatic nitrogens is 2. The summed E-state index contributed by atoms with van der Waals surface area (Å²) in [5.74, 6) is 0. The van der Waals surface area contributed by atoms with Gasteiger partial charge in [0.05, 0.1) is 6.20 Å². The van der Waals surface area contributed by atoms with Crippen LogP contribution < -0.4 is 4.72 Å². The zero-order valence-corrected chi connectivity index (χ0v) is 10.9. The number of aliphatic hydroxyl groups is 1. The van der Waals surface area contributed by atoms with Crippen LogP contribution in [0.5, 0.6) is 0 Å². The van der Waals surface area contributed by atoms with Gasteiger partial charge in [0.2, 0.25) is 10.0 Å². The van der Waals surface area contributed by atoms with Gasteiger partial charge in [0.25, 0.3) is 0 Å². The highest BCUT2D eigenvalue weighted by Gasteiger charge is 2.28. The van der Waals surface area contributed by atoms with E-state index >= 15 is 0 Å². The van der Waals surface area contributed by atoms with E-state index in [4.69, 9.17) is 0 Å². The van der Waals surface area contributed by atoms with Gasteiger partial charge in [-0.05, 0) is 12.8 Å². The molecule has 0 aromatic carbocycles. The Kier molecular flexibility index (Phi) is 4.67. The highest BCUT2D eigenvalue weighted by Crippen LogP contribution is 2.25. The fourth-order valence-electron chi connectivity index (χ4n) is 1.50. The third-order valence-electron chi connectivity index (χ3n) is 3.26. The van der Waals surface area contributed by atoms with Crippen LogP contribution in [0.25, 0.3) is 0 Å². The van der Waals surface area contributed by atoms with Crippen molar-refractivity contribution in [2.75, 3.05) is 13.2 Å². The zero-order valence-electron chi connectivity index (χ0n) is 10.1. The summed E-state index contributed by atoms with van der Waals surface area (Å²) < 4.78 is 26.2. The summed E-state index contributed by atoms with van der Waals surface area (Å²) in [6, 6.07) is 0. The van der Waals surface area contributed by atoms with Crippen molar-refractivity contribution in [3.63, 3.8) is 0 Å². The Hall–Kier alpha value is -0.920. The number of nitrogens with zero attached hydrogens (tertiary/aromatic N) is 1. The zero-order chi connectivity index (χ0) is 12.9. The summed E-state index contributed by atoms with van der Waals surface area (Å²) in [6.07, 6.45) is 4.00. The molecule has 0 unspecified atom stereocenters. The number of hydrogen-bond donors (Lipinski definition) is 3. The maximum atomic E-state index is 11.8. The smallest absolute Gasteiger partial charge is 0.243 e. The van der Waals surface area contributed by atoms with Crippen LogP contribution in [-0.2, 0) is 10.0 Å². The third-order valence-corrected chi connectivity index (χ3v) is 4.62. The molecule has 6 nitrogen and oxygen atoms in total. The number of sulfonamides is 1. The molecular weight excluding hydrogens is 242 g/mol. The number of aromatic amines is 1. The maximum Gasteiger partial charge on any atom is 0.243 e. The molecule has 0 aliphatic carbocycles. The molecule has 0 fully saturated rings. The second-order valence-electron chi connectivity index (χ2n) is 4.12. The Balaban J connectivity index is 2.73. The fourth-order valence-corrected chi connectivity index (χ4v) is 2.56. The summed E-state index contributed by atoms with van der Waals surface area (Å²) in [6.45, 7) is 4.07. The van der Waals surface area contributed by atoms with Crippen molar-refractivity contribution in [2.45, 2.75) is 31.6 Å². The Morgan fingerprint density at radius 3 is 2.53 bits per heavy atom. The molecule has 0 saturated carbocycles. The molecule has 0 aliphatic rings. The Morgan fingerprint density at radius 2 is 2.12 bits per heavy atom. The van der Waals surface area contributed by atoms with Gasteiger partial charge in [0, 0.05) is 24.8 Å². The molecule has 1 aromatic rings. The summed E-state index contributed by atoms with van der Waals surface area (Å²) in [7, 11) is -3.54. The van der Waals surface area contributed by atoms with Gasteiger partial charge in [-0.15, -0.1) is 0 Å². The molecule has 0 bridgehead atoms. The minimum atomic E-state index is -3.54. The first-order chi connectivity index (χ1) is 7.99. The van der Waals surface area contributed by atoms with Crippen molar-refractivity contribution in [3.05, 3.63) is 12.4 Å². The van der Waals surface area contributed by atoms with Crippen LogP contribution in [0.2, 0.25) is 0 Å². The van der Waals surface area contributed by atoms with Crippen LogP contribution in [0, 0.1) is 5.41 Å². The lowest BCUT2D eigenvalue weighted by Gasteiger charge is -2.29. The van der Waals surface area contributed by atoms with E-state index in [-0.39, 0.29) is 18.0 Å². The first-order valence-electron chi connectivity index (χ1n) is 5.59. The number of nitrogens with one attached hydrogen (secondary N) is 2. The second kappa shape index (κ2) is 5.61. The van der Waals surface area contributed by atoms with Crippen molar-refractivity contribution < 1.29 is 13.5 Å². The summed E-state index contributed by atoms with van der Waals surface area (Å²) in [5, 5.41) is 15.4. The standard InChI is InChI=1S/C10H19N3O3S/c1-3-10(4-2,8-14)7-13-17(15,16)9-5-11-12-6-9/h5-6,13-14H,3-4,7-8H2,1-2H3,(H,11,12). The van der Waals surface area contributed by atoms with Gasteiger partial charge in [0.15, 0.2) is 0 Å². The van der Waals surface area contributed by atoms with Crippen molar-refractivity contribution in [1.29, 1.82) is 0 Å². The van der Waals surface area contributed by atoms with Crippen LogP contribution in [-0.4, -0.2) is 36.9 Å². The maximum absolute atomic E-state index is 11.8. The topological polar surface area (TPSA) is 95.1 Å². The molecule has 98 valence electrons. The van der Waals surface area contributed by atoms with E-state index < -0.39 is 15.4 Å². The van der Waals surface area contributed by atoms with E-state index in [9.17, 15) is 13.5 Å². The predicted molar refractivity (Wildman–Crippen MR) is 63.9 cm³/mol. The number of H-pyrrole nitrogens is 1. The van der Waals surface area contributed by atoms with Gasteiger partial charge in [-0.25, -0.2) is 13.1 Å². The van der Waals surface area contributed by atoms with E-state index in [1.54, 1.807) is 0 Å². The molecule has 1 heterocycles. The van der Waals surface area contributed by atoms with Crippen molar-refractivity contribution >= 4 is 10.0 Å². The number of aliphatic hydroxyl groups excluding tert-OH is 1. The van der Waals surface area contributed by atoms with E-state index in [1.165, 1.54) is 12.4 Å².